The Morgan fingerprint density at radius 2 is 1.78 bits per heavy atom. The minimum absolute atomic E-state index is 0.0442. The first kappa shape index (κ1) is 18.9. The topological polar surface area (TPSA) is 78.5 Å². The van der Waals surface area contributed by atoms with Crippen LogP contribution in [0.3, 0.4) is 0 Å². The van der Waals surface area contributed by atoms with E-state index in [1.807, 2.05) is 56.3 Å². The van der Waals surface area contributed by atoms with E-state index in [9.17, 15) is 14.4 Å². The van der Waals surface area contributed by atoms with Gasteiger partial charge in [-0.05, 0) is 36.1 Å². The number of nitrogens with one attached hydrogen (secondary N) is 2. The van der Waals surface area contributed by atoms with E-state index in [0.29, 0.717) is 0 Å². The third kappa shape index (κ3) is 3.39. The van der Waals surface area contributed by atoms with Crippen molar-refractivity contribution in [3.8, 4) is 0 Å². The van der Waals surface area contributed by atoms with Crippen molar-refractivity contribution in [1.82, 2.24) is 15.5 Å². The van der Waals surface area contributed by atoms with Crippen molar-refractivity contribution in [3.63, 3.8) is 0 Å². The molecule has 2 aromatic carbocycles. The normalized spacial score (nSPS) is 19.6. The van der Waals surface area contributed by atoms with Crippen LogP contribution in [0.4, 0.5) is 4.79 Å². The molecular weight excluding hydrogens is 342 g/mol. The van der Waals surface area contributed by atoms with Crippen LogP contribution in [0.1, 0.15) is 39.2 Å². The number of amides is 4. The van der Waals surface area contributed by atoms with E-state index in [-0.39, 0.29) is 18.5 Å². The molecule has 0 unspecified atom stereocenters. The van der Waals surface area contributed by atoms with Crippen molar-refractivity contribution < 1.29 is 14.4 Å². The number of urea groups is 1. The minimum Gasteiger partial charge on any atom is -0.352 e. The molecular formula is C21H25N3O3. The molecule has 142 valence electrons. The van der Waals surface area contributed by atoms with E-state index in [2.05, 4.69) is 10.6 Å². The van der Waals surface area contributed by atoms with Crippen LogP contribution in [-0.2, 0) is 15.1 Å². The van der Waals surface area contributed by atoms with Crippen LogP contribution < -0.4 is 10.6 Å². The first-order valence-corrected chi connectivity index (χ1v) is 9.32. The van der Waals surface area contributed by atoms with Gasteiger partial charge in [0.15, 0.2) is 0 Å². The molecule has 4 amide bonds. The van der Waals surface area contributed by atoms with Gasteiger partial charge in [0.25, 0.3) is 5.91 Å². The number of imide groups is 1. The Morgan fingerprint density at radius 3 is 2.48 bits per heavy atom. The van der Waals surface area contributed by atoms with Gasteiger partial charge in [0.05, 0.1) is 0 Å². The average Bonchev–Trinajstić information content (AvgIpc) is 2.89. The predicted molar refractivity (Wildman–Crippen MR) is 104 cm³/mol. The Balaban J connectivity index is 1.87. The van der Waals surface area contributed by atoms with Gasteiger partial charge >= 0.3 is 6.03 Å². The molecule has 0 saturated carbocycles. The summed E-state index contributed by atoms with van der Waals surface area (Å²) in [5.74, 6) is -0.738. The molecule has 1 atom stereocenters. The standard InChI is InChI=1S/C21H25N3O3/c1-4-15(5-2)22-18(25)13-24-19(26)21(3,23-20(24)27)17-12-8-10-14-9-6-7-11-16(14)17/h6-12,15H,4-5,13H2,1-3H3,(H,22,25)(H,23,27)/t21-/m0/s1. The minimum atomic E-state index is -1.20. The first-order chi connectivity index (χ1) is 12.9. The van der Waals surface area contributed by atoms with Crippen LogP contribution in [0, 0.1) is 0 Å². The SMILES string of the molecule is CCC(CC)NC(=O)CN1C(=O)N[C@@](C)(c2cccc3ccccc23)C1=O. The largest absolute Gasteiger partial charge is 0.352 e. The van der Waals surface area contributed by atoms with Gasteiger partial charge in [-0.15, -0.1) is 0 Å². The number of fused-ring (bicyclic) bond motifs is 1. The number of benzene rings is 2. The first-order valence-electron chi connectivity index (χ1n) is 9.32. The van der Waals surface area contributed by atoms with Crippen LogP contribution in [0.2, 0.25) is 0 Å². The van der Waals surface area contributed by atoms with Gasteiger partial charge in [-0.3, -0.25) is 14.5 Å². The second-order valence-corrected chi connectivity index (χ2v) is 7.05. The summed E-state index contributed by atoms with van der Waals surface area (Å²) in [4.78, 5) is 38.9. The second-order valence-electron chi connectivity index (χ2n) is 7.05. The maximum Gasteiger partial charge on any atom is 0.325 e. The van der Waals surface area contributed by atoms with Crippen LogP contribution in [-0.4, -0.2) is 35.3 Å². The molecule has 3 rings (SSSR count). The number of carbonyl (C=O) groups excluding carboxylic acids is 3. The Kier molecular flexibility index (Phi) is 5.17. The summed E-state index contributed by atoms with van der Waals surface area (Å²) >= 11 is 0. The zero-order valence-electron chi connectivity index (χ0n) is 15.9. The fraction of sp³-hybridized carbons (Fsp3) is 0.381. The zero-order chi connectivity index (χ0) is 19.6. The van der Waals surface area contributed by atoms with Crippen molar-refractivity contribution in [2.45, 2.75) is 45.2 Å². The quantitative estimate of drug-likeness (QED) is 0.771. The van der Waals surface area contributed by atoms with Crippen LogP contribution in [0.15, 0.2) is 42.5 Å². The lowest BCUT2D eigenvalue weighted by molar-refractivity contribution is -0.135. The molecule has 0 aromatic heterocycles. The molecule has 0 bridgehead atoms. The molecule has 1 fully saturated rings. The van der Waals surface area contributed by atoms with E-state index in [1.54, 1.807) is 6.92 Å². The summed E-state index contributed by atoms with van der Waals surface area (Å²) < 4.78 is 0. The van der Waals surface area contributed by atoms with Crippen molar-refractivity contribution >= 4 is 28.6 Å². The molecule has 0 aliphatic carbocycles. The number of hydrogen-bond donors (Lipinski definition) is 2. The van der Waals surface area contributed by atoms with Crippen molar-refractivity contribution in [1.29, 1.82) is 0 Å². The van der Waals surface area contributed by atoms with Gasteiger partial charge in [0, 0.05) is 6.04 Å². The maximum atomic E-state index is 13.1. The lowest BCUT2D eigenvalue weighted by Gasteiger charge is -2.24. The van der Waals surface area contributed by atoms with Gasteiger partial charge in [-0.25, -0.2) is 4.79 Å². The van der Waals surface area contributed by atoms with Gasteiger partial charge in [-0.2, -0.15) is 0 Å². The molecule has 0 radical (unpaired) electrons. The van der Waals surface area contributed by atoms with Crippen molar-refractivity contribution in [2.75, 3.05) is 6.54 Å². The van der Waals surface area contributed by atoms with E-state index in [0.717, 1.165) is 34.1 Å². The fourth-order valence-corrected chi connectivity index (χ4v) is 3.59. The number of rotatable bonds is 6. The smallest absolute Gasteiger partial charge is 0.325 e. The molecule has 2 aromatic rings. The zero-order valence-corrected chi connectivity index (χ0v) is 15.9. The molecule has 1 heterocycles. The Labute approximate surface area is 158 Å². The Morgan fingerprint density at radius 1 is 1.11 bits per heavy atom. The highest BCUT2D eigenvalue weighted by atomic mass is 16.2. The Hall–Kier alpha value is -2.89. The molecule has 6 heteroatoms. The summed E-state index contributed by atoms with van der Waals surface area (Å²) in [5, 5.41) is 7.54. The van der Waals surface area contributed by atoms with Crippen LogP contribution in [0.5, 0.6) is 0 Å². The highest BCUT2D eigenvalue weighted by Gasteiger charge is 2.50. The van der Waals surface area contributed by atoms with Gasteiger partial charge in [0.2, 0.25) is 5.91 Å². The monoisotopic (exact) mass is 367 g/mol. The lowest BCUT2D eigenvalue weighted by Crippen LogP contribution is -2.45. The van der Waals surface area contributed by atoms with Gasteiger partial charge in [0.1, 0.15) is 12.1 Å². The van der Waals surface area contributed by atoms with Gasteiger partial charge in [-0.1, -0.05) is 56.3 Å². The number of nitrogens with zero attached hydrogens (tertiary/aromatic N) is 1. The Bertz CT molecular complexity index is 886. The van der Waals surface area contributed by atoms with E-state index >= 15 is 0 Å². The molecule has 6 nitrogen and oxygen atoms in total. The molecule has 1 aliphatic rings. The highest BCUT2D eigenvalue weighted by Crippen LogP contribution is 2.33. The van der Waals surface area contributed by atoms with Crippen molar-refractivity contribution in [2.24, 2.45) is 0 Å². The molecule has 1 saturated heterocycles. The second kappa shape index (κ2) is 7.39. The number of hydrogen-bond acceptors (Lipinski definition) is 3. The summed E-state index contributed by atoms with van der Waals surface area (Å²) in [7, 11) is 0. The third-order valence-electron chi connectivity index (χ3n) is 5.26. The molecule has 2 N–H and O–H groups in total. The number of carbonyl (C=O) groups is 3. The molecule has 1 aliphatic heterocycles. The summed E-state index contributed by atoms with van der Waals surface area (Å²) in [6.45, 7) is 5.38. The lowest BCUT2D eigenvalue weighted by atomic mass is 9.88. The summed E-state index contributed by atoms with van der Waals surface area (Å²) in [6, 6.07) is 12.9. The maximum absolute atomic E-state index is 13.1. The highest BCUT2D eigenvalue weighted by molar-refractivity contribution is 6.10. The summed E-state index contributed by atoms with van der Waals surface area (Å²) in [6.07, 6.45) is 1.60. The molecule has 0 spiro atoms. The van der Waals surface area contributed by atoms with Crippen molar-refractivity contribution in [3.05, 3.63) is 48.0 Å². The van der Waals surface area contributed by atoms with E-state index in [1.165, 1.54) is 0 Å². The average molecular weight is 367 g/mol. The predicted octanol–water partition coefficient (Wildman–Crippen LogP) is 2.91. The van der Waals surface area contributed by atoms with Crippen LogP contribution in [0.25, 0.3) is 10.8 Å². The third-order valence-corrected chi connectivity index (χ3v) is 5.26. The van der Waals surface area contributed by atoms with Crippen LogP contribution >= 0.6 is 0 Å². The fourth-order valence-electron chi connectivity index (χ4n) is 3.59. The summed E-state index contributed by atoms with van der Waals surface area (Å²) in [5.41, 5.74) is -0.477. The van der Waals surface area contributed by atoms with E-state index < -0.39 is 17.5 Å². The van der Waals surface area contributed by atoms with E-state index in [4.69, 9.17) is 0 Å². The molecule has 27 heavy (non-hydrogen) atoms. The van der Waals surface area contributed by atoms with Gasteiger partial charge < -0.3 is 10.6 Å².